The van der Waals surface area contributed by atoms with Gasteiger partial charge in [0.15, 0.2) is 0 Å². The number of aromatic nitrogens is 4. The van der Waals surface area contributed by atoms with Crippen LogP contribution in [0.15, 0.2) is 18.5 Å². The summed E-state index contributed by atoms with van der Waals surface area (Å²) < 4.78 is 2.47. The molecule has 0 saturated heterocycles. The van der Waals surface area contributed by atoms with Crippen LogP contribution in [0.1, 0.15) is 10.4 Å². The van der Waals surface area contributed by atoms with Gasteiger partial charge in [-0.15, -0.1) is 11.3 Å². The second-order valence-electron chi connectivity index (χ2n) is 4.38. The number of hydrogen-bond acceptors (Lipinski definition) is 5. The van der Waals surface area contributed by atoms with E-state index in [9.17, 15) is 0 Å². The fourth-order valence-corrected chi connectivity index (χ4v) is 3.38. The summed E-state index contributed by atoms with van der Waals surface area (Å²) in [6.45, 7) is 2.64. The Labute approximate surface area is 129 Å². The fraction of sp³-hybridized carbons (Fsp3) is 0.250. The van der Waals surface area contributed by atoms with E-state index >= 15 is 0 Å². The maximum atomic E-state index is 6.16. The van der Waals surface area contributed by atoms with Crippen LogP contribution in [0.5, 0.6) is 0 Å². The van der Waals surface area contributed by atoms with Crippen LogP contribution < -0.4 is 4.90 Å². The lowest BCUT2D eigenvalue weighted by Crippen LogP contribution is -2.21. The zero-order valence-corrected chi connectivity index (χ0v) is 13.2. The lowest BCUT2D eigenvalue weighted by molar-refractivity contribution is 0.830. The first kappa shape index (κ1) is 13.6. The Kier molecular flexibility index (Phi) is 3.54. The quantitative estimate of drug-likeness (QED) is 0.691. The van der Waals surface area contributed by atoms with Crippen LogP contribution in [0, 0.1) is 6.92 Å². The Bertz CT molecular complexity index is 766. The standard InChI is InChI=1S/C12H11Cl2N5S/c1-7-10(14)17-12-15-6-16-19(12)11(7)18(2)5-8-3-4-9(13)20-8/h3-4,6H,5H2,1-2H3. The zero-order valence-electron chi connectivity index (χ0n) is 10.8. The van der Waals surface area contributed by atoms with Crippen LogP contribution in [-0.4, -0.2) is 26.6 Å². The van der Waals surface area contributed by atoms with Crippen LogP contribution in [-0.2, 0) is 6.54 Å². The van der Waals surface area contributed by atoms with Gasteiger partial charge in [0.2, 0.25) is 0 Å². The van der Waals surface area contributed by atoms with Crippen molar-refractivity contribution < 1.29 is 0 Å². The summed E-state index contributed by atoms with van der Waals surface area (Å²) >= 11 is 13.7. The van der Waals surface area contributed by atoms with E-state index in [1.54, 1.807) is 15.9 Å². The van der Waals surface area contributed by atoms with Gasteiger partial charge in [0, 0.05) is 17.5 Å². The van der Waals surface area contributed by atoms with Crippen molar-refractivity contribution in [1.82, 2.24) is 19.6 Å². The molecule has 3 aromatic heterocycles. The van der Waals surface area contributed by atoms with Gasteiger partial charge in [0.05, 0.1) is 10.9 Å². The minimum Gasteiger partial charge on any atom is -0.354 e. The molecule has 5 nitrogen and oxygen atoms in total. The molecule has 0 radical (unpaired) electrons. The van der Waals surface area contributed by atoms with Gasteiger partial charge in [-0.05, 0) is 19.1 Å². The van der Waals surface area contributed by atoms with Crippen LogP contribution in [0.25, 0.3) is 5.78 Å². The Morgan fingerprint density at radius 1 is 1.35 bits per heavy atom. The average molecular weight is 328 g/mol. The lowest BCUT2D eigenvalue weighted by Gasteiger charge is -2.21. The molecule has 0 N–H and O–H groups in total. The fourth-order valence-electron chi connectivity index (χ4n) is 2.08. The van der Waals surface area contributed by atoms with Crippen molar-refractivity contribution in [3.63, 3.8) is 0 Å². The van der Waals surface area contributed by atoms with Gasteiger partial charge in [0.1, 0.15) is 17.3 Å². The Morgan fingerprint density at radius 3 is 2.85 bits per heavy atom. The summed E-state index contributed by atoms with van der Waals surface area (Å²) in [7, 11) is 1.98. The largest absolute Gasteiger partial charge is 0.354 e. The molecule has 0 spiro atoms. The zero-order chi connectivity index (χ0) is 14.3. The van der Waals surface area contributed by atoms with E-state index in [1.807, 2.05) is 26.1 Å². The van der Waals surface area contributed by atoms with E-state index in [-0.39, 0.29) is 0 Å². The third-order valence-electron chi connectivity index (χ3n) is 2.96. The minimum absolute atomic E-state index is 0.441. The van der Waals surface area contributed by atoms with Gasteiger partial charge in [0.25, 0.3) is 5.78 Å². The molecule has 3 heterocycles. The van der Waals surface area contributed by atoms with Gasteiger partial charge < -0.3 is 4.90 Å². The Balaban J connectivity index is 2.04. The maximum Gasteiger partial charge on any atom is 0.255 e. The number of thiophene rings is 1. The highest BCUT2D eigenvalue weighted by molar-refractivity contribution is 7.16. The molecule has 0 bridgehead atoms. The number of halogens is 2. The first-order valence-corrected chi connectivity index (χ1v) is 7.44. The molecule has 20 heavy (non-hydrogen) atoms. The number of rotatable bonds is 3. The number of fused-ring (bicyclic) bond motifs is 1. The van der Waals surface area contributed by atoms with Crippen molar-refractivity contribution in [3.8, 4) is 0 Å². The molecule has 0 unspecified atom stereocenters. The van der Waals surface area contributed by atoms with Crippen LogP contribution >= 0.6 is 34.5 Å². The van der Waals surface area contributed by atoms with Gasteiger partial charge in [-0.2, -0.15) is 19.6 Å². The molecule has 104 valence electrons. The van der Waals surface area contributed by atoms with Crippen molar-refractivity contribution in [2.24, 2.45) is 0 Å². The summed E-state index contributed by atoms with van der Waals surface area (Å²) in [5.41, 5.74) is 0.870. The lowest BCUT2D eigenvalue weighted by atomic mass is 10.3. The number of nitrogens with zero attached hydrogens (tertiary/aromatic N) is 5. The van der Waals surface area contributed by atoms with E-state index in [2.05, 4.69) is 20.0 Å². The van der Waals surface area contributed by atoms with Crippen LogP contribution in [0.4, 0.5) is 5.82 Å². The van der Waals surface area contributed by atoms with E-state index in [0.29, 0.717) is 17.5 Å². The molecule has 0 aliphatic heterocycles. The SMILES string of the molecule is Cc1c(Cl)nc2ncnn2c1N(C)Cc1ccc(Cl)s1. The predicted molar refractivity (Wildman–Crippen MR) is 82.0 cm³/mol. The topological polar surface area (TPSA) is 46.3 Å². The molecular weight excluding hydrogens is 317 g/mol. The molecule has 0 amide bonds. The van der Waals surface area contributed by atoms with Crippen LogP contribution in [0.2, 0.25) is 9.49 Å². The molecular formula is C12H11Cl2N5S. The van der Waals surface area contributed by atoms with Gasteiger partial charge >= 0.3 is 0 Å². The average Bonchev–Trinajstić information content (AvgIpc) is 2.99. The Morgan fingerprint density at radius 2 is 2.15 bits per heavy atom. The third kappa shape index (κ3) is 2.34. The van der Waals surface area contributed by atoms with E-state index in [4.69, 9.17) is 23.2 Å². The molecule has 0 atom stereocenters. The van der Waals surface area contributed by atoms with E-state index in [0.717, 1.165) is 20.6 Å². The molecule has 0 aliphatic rings. The molecule has 8 heteroatoms. The summed E-state index contributed by atoms with van der Waals surface area (Å²) in [6.07, 6.45) is 1.47. The van der Waals surface area contributed by atoms with Gasteiger partial charge in [-0.25, -0.2) is 0 Å². The summed E-state index contributed by atoms with van der Waals surface area (Å²) in [5, 5.41) is 4.65. The van der Waals surface area contributed by atoms with Crippen molar-refractivity contribution in [1.29, 1.82) is 0 Å². The second-order valence-corrected chi connectivity index (χ2v) is 6.54. The van der Waals surface area contributed by atoms with Gasteiger partial charge in [-0.1, -0.05) is 23.2 Å². The summed E-state index contributed by atoms with van der Waals surface area (Å²) in [6, 6.07) is 3.91. The van der Waals surface area contributed by atoms with Crippen molar-refractivity contribution in [3.05, 3.63) is 38.4 Å². The minimum atomic E-state index is 0.441. The smallest absolute Gasteiger partial charge is 0.255 e. The van der Waals surface area contributed by atoms with Crippen molar-refractivity contribution in [2.45, 2.75) is 13.5 Å². The normalized spacial score (nSPS) is 11.2. The summed E-state index contributed by atoms with van der Waals surface area (Å²) in [5.74, 6) is 1.37. The number of hydrogen-bond donors (Lipinski definition) is 0. The van der Waals surface area contributed by atoms with Crippen molar-refractivity contribution in [2.75, 3.05) is 11.9 Å². The van der Waals surface area contributed by atoms with E-state index < -0.39 is 0 Å². The highest BCUT2D eigenvalue weighted by Gasteiger charge is 2.16. The van der Waals surface area contributed by atoms with Gasteiger partial charge in [-0.3, -0.25) is 0 Å². The molecule has 3 rings (SSSR count). The first-order valence-electron chi connectivity index (χ1n) is 5.87. The summed E-state index contributed by atoms with van der Waals surface area (Å²) in [4.78, 5) is 11.5. The van der Waals surface area contributed by atoms with Crippen LogP contribution in [0.3, 0.4) is 0 Å². The highest BCUT2D eigenvalue weighted by atomic mass is 35.5. The maximum absolute atomic E-state index is 6.16. The highest BCUT2D eigenvalue weighted by Crippen LogP contribution is 2.28. The van der Waals surface area contributed by atoms with E-state index in [1.165, 1.54) is 6.33 Å². The van der Waals surface area contributed by atoms with Crippen molar-refractivity contribution >= 4 is 46.1 Å². The molecule has 3 aromatic rings. The molecule has 0 aliphatic carbocycles. The molecule has 0 aromatic carbocycles. The molecule has 0 saturated carbocycles. The first-order chi connectivity index (χ1) is 9.56. The third-order valence-corrected chi connectivity index (χ3v) is 4.54. The molecule has 0 fully saturated rings. The Hall–Kier alpha value is -1.37. The second kappa shape index (κ2) is 5.20. The number of anilines is 1. The predicted octanol–water partition coefficient (Wildman–Crippen LogP) is 3.44. The monoisotopic (exact) mass is 327 g/mol.